The molecule has 0 radical (unpaired) electrons. The molecule has 0 spiro atoms. The Bertz CT molecular complexity index is 1010. The number of anilines is 1. The van der Waals surface area contributed by atoms with Gasteiger partial charge in [-0.2, -0.15) is 4.98 Å². The van der Waals surface area contributed by atoms with Crippen molar-refractivity contribution in [3.63, 3.8) is 0 Å². The molecular formula is C19H18Cl2N4O5. The second-order valence-electron chi connectivity index (χ2n) is 5.83. The first kappa shape index (κ1) is 21.5. The first-order valence-electron chi connectivity index (χ1n) is 8.58. The number of carbonyl (C=O) groups excluding carboxylic acids is 1. The monoisotopic (exact) mass is 452 g/mol. The molecule has 0 saturated heterocycles. The van der Waals surface area contributed by atoms with Gasteiger partial charge >= 0.3 is 6.03 Å². The van der Waals surface area contributed by atoms with Crippen molar-refractivity contribution in [3.05, 3.63) is 46.3 Å². The summed E-state index contributed by atoms with van der Waals surface area (Å²) in [6.07, 6.45) is 0. The van der Waals surface area contributed by atoms with Crippen molar-refractivity contribution in [2.45, 2.75) is 6.54 Å². The summed E-state index contributed by atoms with van der Waals surface area (Å²) in [6.45, 7) is -0.00860. The van der Waals surface area contributed by atoms with Crippen LogP contribution in [0.5, 0.6) is 17.2 Å². The van der Waals surface area contributed by atoms with Crippen molar-refractivity contribution >= 4 is 34.9 Å². The Morgan fingerprint density at radius 3 is 2.27 bits per heavy atom. The Morgan fingerprint density at radius 1 is 1.07 bits per heavy atom. The van der Waals surface area contributed by atoms with Gasteiger partial charge in [-0.25, -0.2) is 4.79 Å². The summed E-state index contributed by atoms with van der Waals surface area (Å²) in [5.74, 6) is 1.84. The number of halogens is 2. The van der Waals surface area contributed by atoms with Crippen LogP contribution in [0.4, 0.5) is 10.5 Å². The summed E-state index contributed by atoms with van der Waals surface area (Å²) >= 11 is 12.1. The molecule has 0 fully saturated rings. The van der Waals surface area contributed by atoms with E-state index in [2.05, 4.69) is 20.8 Å². The quantitative estimate of drug-likeness (QED) is 0.546. The lowest BCUT2D eigenvalue weighted by Crippen LogP contribution is -2.28. The summed E-state index contributed by atoms with van der Waals surface area (Å²) < 4.78 is 21.1. The van der Waals surface area contributed by atoms with Gasteiger partial charge < -0.3 is 29.4 Å². The number of ether oxygens (including phenoxy) is 3. The molecule has 0 unspecified atom stereocenters. The third-order valence-corrected chi connectivity index (χ3v) is 4.62. The fraction of sp³-hybridized carbons (Fsp3) is 0.211. The number of carbonyl (C=O) groups is 1. The molecular weight excluding hydrogens is 435 g/mol. The summed E-state index contributed by atoms with van der Waals surface area (Å²) in [6, 6.07) is 7.76. The van der Waals surface area contributed by atoms with Crippen LogP contribution in [0.3, 0.4) is 0 Å². The lowest BCUT2D eigenvalue weighted by molar-refractivity contribution is 0.249. The number of para-hydroxylation sites is 1. The van der Waals surface area contributed by atoms with Gasteiger partial charge in [0, 0.05) is 5.56 Å². The number of urea groups is 1. The zero-order chi connectivity index (χ0) is 21.7. The van der Waals surface area contributed by atoms with E-state index < -0.39 is 6.03 Å². The molecule has 2 N–H and O–H groups in total. The molecule has 0 bridgehead atoms. The number of hydrogen-bond acceptors (Lipinski definition) is 7. The number of rotatable bonds is 7. The predicted octanol–water partition coefficient (Wildman–Crippen LogP) is 4.39. The smallest absolute Gasteiger partial charge is 0.319 e. The third kappa shape index (κ3) is 4.69. The molecule has 0 saturated carbocycles. The van der Waals surface area contributed by atoms with E-state index in [1.165, 1.54) is 21.3 Å². The lowest BCUT2D eigenvalue weighted by atomic mass is 10.1. The van der Waals surface area contributed by atoms with Crippen molar-refractivity contribution in [1.29, 1.82) is 0 Å². The van der Waals surface area contributed by atoms with Crippen molar-refractivity contribution in [2.24, 2.45) is 0 Å². The van der Waals surface area contributed by atoms with Crippen LogP contribution < -0.4 is 24.8 Å². The average molecular weight is 453 g/mol. The van der Waals surface area contributed by atoms with Gasteiger partial charge in [0.2, 0.25) is 17.5 Å². The number of aromatic nitrogens is 2. The van der Waals surface area contributed by atoms with Gasteiger partial charge in [-0.1, -0.05) is 34.4 Å². The molecule has 2 aromatic carbocycles. The van der Waals surface area contributed by atoms with Gasteiger partial charge in [0.15, 0.2) is 11.5 Å². The van der Waals surface area contributed by atoms with E-state index in [1.54, 1.807) is 30.3 Å². The van der Waals surface area contributed by atoms with E-state index in [1.807, 2.05) is 0 Å². The van der Waals surface area contributed by atoms with Crippen LogP contribution in [0.15, 0.2) is 34.9 Å². The largest absolute Gasteiger partial charge is 0.493 e. The minimum atomic E-state index is -0.530. The molecule has 0 aliphatic rings. The van der Waals surface area contributed by atoms with Gasteiger partial charge in [0.1, 0.15) is 0 Å². The SMILES string of the molecule is COc1cc(-c2noc(CNC(=O)Nc3c(Cl)cccc3Cl)n2)cc(OC)c1OC. The Hall–Kier alpha value is -3.17. The van der Waals surface area contributed by atoms with E-state index in [-0.39, 0.29) is 12.4 Å². The molecule has 30 heavy (non-hydrogen) atoms. The maximum absolute atomic E-state index is 12.1. The number of nitrogens with one attached hydrogen (secondary N) is 2. The van der Waals surface area contributed by atoms with Crippen molar-refractivity contribution < 1.29 is 23.5 Å². The van der Waals surface area contributed by atoms with Crippen LogP contribution in [0.25, 0.3) is 11.4 Å². The normalized spacial score (nSPS) is 10.4. The predicted molar refractivity (Wildman–Crippen MR) is 112 cm³/mol. The molecule has 9 nitrogen and oxygen atoms in total. The molecule has 0 aliphatic carbocycles. The highest BCUT2D eigenvalue weighted by Gasteiger charge is 2.18. The first-order valence-corrected chi connectivity index (χ1v) is 9.34. The van der Waals surface area contributed by atoms with Crippen LogP contribution in [0, 0.1) is 0 Å². The van der Waals surface area contributed by atoms with Crippen molar-refractivity contribution in [2.75, 3.05) is 26.6 Å². The molecule has 2 amide bonds. The summed E-state index contributed by atoms with van der Waals surface area (Å²) in [5.41, 5.74) is 0.897. The highest BCUT2D eigenvalue weighted by Crippen LogP contribution is 2.40. The molecule has 0 aliphatic heterocycles. The van der Waals surface area contributed by atoms with Crippen molar-refractivity contribution in [1.82, 2.24) is 15.5 Å². The van der Waals surface area contributed by atoms with Crippen LogP contribution >= 0.6 is 23.2 Å². The standard InChI is InChI=1S/C19H18Cl2N4O5/c1-27-13-7-10(8-14(28-2)17(13)29-3)18-23-15(30-25-18)9-22-19(26)24-16-11(20)5-4-6-12(16)21/h4-8H,9H2,1-3H3,(H2,22,24,26). The number of hydrogen-bond donors (Lipinski definition) is 2. The number of methoxy groups -OCH3 is 3. The highest BCUT2D eigenvalue weighted by molar-refractivity contribution is 6.39. The van der Waals surface area contributed by atoms with Crippen molar-refractivity contribution in [3.8, 4) is 28.6 Å². The lowest BCUT2D eigenvalue weighted by Gasteiger charge is -2.12. The van der Waals surface area contributed by atoms with E-state index in [0.29, 0.717) is 44.4 Å². The summed E-state index contributed by atoms with van der Waals surface area (Å²) in [7, 11) is 4.53. The van der Waals surface area contributed by atoms with Crippen LogP contribution in [-0.4, -0.2) is 37.5 Å². The maximum atomic E-state index is 12.1. The zero-order valence-corrected chi connectivity index (χ0v) is 17.8. The molecule has 3 rings (SSSR count). The van der Waals surface area contributed by atoms with E-state index in [0.717, 1.165) is 0 Å². The second-order valence-corrected chi connectivity index (χ2v) is 6.64. The maximum Gasteiger partial charge on any atom is 0.319 e. The van der Waals surface area contributed by atoms with Gasteiger partial charge in [0.25, 0.3) is 0 Å². The van der Waals surface area contributed by atoms with Gasteiger partial charge in [0.05, 0.1) is 43.6 Å². The van der Waals surface area contributed by atoms with Gasteiger partial charge in [-0.15, -0.1) is 0 Å². The van der Waals surface area contributed by atoms with Gasteiger partial charge in [-0.3, -0.25) is 0 Å². The molecule has 11 heteroatoms. The Balaban J connectivity index is 1.70. The molecule has 1 aromatic heterocycles. The average Bonchev–Trinajstić information content (AvgIpc) is 3.23. The van der Waals surface area contributed by atoms with E-state index in [9.17, 15) is 4.79 Å². The molecule has 158 valence electrons. The Labute approximate surface area is 182 Å². The molecule has 1 heterocycles. The molecule has 0 atom stereocenters. The topological polar surface area (TPSA) is 108 Å². The fourth-order valence-corrected chi connectivity index (χ4v) is 3.08. The molecule has 3 aromatic rings. The Morgan fingerprint density at radius 2 is 1.70 bits per heavy atom. The highest BCUT2D eigenvalue weighted by atomic mass is 35.5. The van der Waals surface area contributed by atoms with Gasteiger partial charge in [-0.05, 0) is 24.3 Å². The summed E-state index contributed by atoms with van der Waals surface area (Å²) in [4.78, 5) is 16.4. The van der Waals surface area contributed by atoms with Crippen LogP contribution in [0.1, 0.15) is 5.89 Å². The zero-order valence-electron chi connectivity index (χ0n) is 16.3. The fourth-order valence-electron chi connectivity index (χ4n) is 2.58. The van der Waals surface area contributed by atoms with E-state index in [4.69, 9.17) is 41.9 Å². The first-order chi connectivity index (χ1) is 14.5. The van der Waals surface area contributed by atoms with E-state index >= 15 is 0 Å². The number of nitrogens with zero attached hydrogens (tertiary/aromatic N) is 2. The third-order valence-electron chi connectivity index (χ3n) is 3.99. The number of amides is 2. The minimum absolute atomic E-state index is 0.00860. The summed E-state index contributed by atoms with van der Waals surface area (Å²) in [5, 5.41) is 9.75. The second kappa shape index (κ2) is 9.55. The van der Waals surface area contributed by atoms with Crippen LogP contribution in [-0.2, 0) is 6.54 Å². The van der Waals surface area contributed by atoms with Crippen LogP contribution in [0.2, 0.25) is 10.0 Å². The number of benzene rings is 2. The minimum Gasteiger partial charge on any atom is -0.493 e. The Kier molecular flexibility index (Phi) is 6.86.